The highest BCUT2D eigenvalue weighted by molar-refractivity contribution is 5.14. The lowest BCUT2D eigenvalue weighted by molar-refractivity contribution is 0.125. The van der Waals surface area contributed by atoms with Crippen LogP contribution < -0.4 is 5.32 Å². The molecule has 3 rings (SSSR count). The van der Waals surface area contributed by atoms with E-state index in [0.29, 0.717) is 5.54 Å². The third kappa shape index (κ3) is 3.12. The number of nitrogens with zero attached hydrogens (tertiary/aromatic N) is 1. The zero-order valence-electron chi connectivity index (χ0n) is 11.4. The van der Waals surface area contributed by atoms with Gasteiger partial charge < -0.3 is 5.32 Å². The van der Waals surface area contributed by atoms with E-state index in [2.05, 4.69) is 47.5 Å². The third-order valence-electron chi connectivity index (χ3n) is 4.15. The molecule has 1 saturated carbocycles. The highest BCUT2D eigenvalue weighted by Gasteiger charge is 2.35. The Balaban J connectivity index is 1.59. The van der Waals surface area contributed by atoms with Gasteiger partial charge in [0.05, 0.1) is 0 Å². The average Bonchev–Trinajstić information content (AvgIpc) is 3.13. The Morgan fingerprint density at radius 2 is 2.06 bits per heavy atom. The van der Waals surface area contributed by atoms with Crippen LogP contribution in [0.25, 0.3) is 0 Å². The largest absolute Gasteiger partial charge is 0.307 e. The highest BCUT2D eigenvalue weighted by atomic mass is 15.2. The molecular formula is C16H24N2. The van der Waals surface area contributed by atoms with E-state index >= 15 is 0 Å². The summed E-state index contributed by atoms with van der Waals surface area (Å²) in [7, 11) is 0. The second-order valence-corrected chi connectivity index (χ2v) is 6.28. The summed E-state index contributed by atoms with van der Waals surface area (Å²) in [6, 6.07) is 11.7. The Kier molecular flexibility index (Phi) is 3.40. The van der Waals surface area contributed by atoms with Gasteiger partial charge in [0.2, 0.25) is 0 Å². The van der Waals surface area contributed by atoms with Gasteiger partial charge in [-0.3, -0.25) is 4.90 Å². The smallest absolute Gasteiger partial charge is 0.0283 e. The topological polar surface area (TPSA) is 15.3 Å². The zero-order chi connectivity index (χ0) is 12.4. The number of likely N-dealkylation sites (tertiary alicyclic amines) is 1. The summed E-state index contributed by atoms with van der Waals surface area (Å²) in [5, 5.41) is 3.84. The van der Waals surface area contributed by atoms with E-state index in [1.165, 1.54) is 44.3 Å². The van der Waals surface area contributed by atoms with Crippen molar-refractivity contribution in [3.05, 3.63) is 35.9 Å². The van der Waals surface area contributed by atoms with E-state index in [9.17, 15) is 0 Å². The van der Waals surface area contributed by atoms with Gasteiger partial charge in [-0.1, -0.05) is 30.3 Å². The third-order valence-corrected chi connectivity index (χ3v) is 4.15. The molecule has 2 heteroatoms. The maximum Gasteiger partial charge on any atom is 0.0283 e. The van der Waals surface area contributed by atoms with Gasteiger partial charge in [-0.25, -0.2) is 0 Å². The molecule has 2 fully saturated rings. The van der Waals surface area contributed by atoms with Crippen LogP contribution in [-0.4, -0.2) is 29.6 Å². The Labute approximate surface area is 110 Å². The van der Waals surface area contributed by atoms with Crippen LogP contribution in [0.2, 0.25) is 0 Å². The number of hydrogen-bond donors (Lipinski definition) is 1. The predicted molar refractivity (Wildman–Crippen MR) is 75.5 cm³/mol. The summed E-state index contributed by atoms with van der Waals surface area (Å²) in [5.41, 5.74) is 1.78. The minimum absolute atomic E-state index is 0.341. The van der Waals surface area contributed by atoms with Gasteiger partial charge in [0.1, 0.15) is 0 Å². The Morgan fingerprint density at radius 1 is 1.28 bits per heavy atom. The number of rotatable bonds is 4. The Hall–Kier alpha value is -0.860. The van der Waals surface area contributed by atoms with Crippen molar-refractivity contribution < 1.29 is 0 Å². The van der Waals surface area contributed by atoms with Crippen LogP contribution in [0.4, 0.5) is 0 Å². The monoisotopic (exact) mass is 244 g/mol. The van der Waals surface area contributed by atoms with Gasteiger partial charge in [-0.2, -0.15) is 0 Å². The lowest BCUT2D eigenvalue weighted by Crippen LogP contribution is -2.55. The summed E-state index contributed by atoms with van der Waals surface area (Å²) >= 11 is 0. The molecule has 0 aromatic heterocycles. The van der Waals surface area contributed by atoms with Crippen molar-refractivity contribution in [1.29, 1.82) is 0 Å². The fourth-order valence-electron chi connectivity index (χ4n) is 3.16. The van der Waals surface area contributed by atoms with Gasteiger partial charge in [0.15, 0.2) is 0 Å². The van der Waals surface area contributed by atoms with Crippen LogP contribution in [-0.2, 0) is 6.54 Å². The van der Waals surface area contributed by atoms with E-state index in [1.807, 2.05) is 0 Å². The summed E-state index contributed by atoms with van der Waals surface area (Å²) in [4.78, 5) is 2.61. The van der Waals surface area contributed by atoms with E-state index in [0.717, 1.165) is 12.6 Å². The molecule has 1 aromatic rings. The average molecular weight is 244 g/mol. The molecule has 1 N–H and O–H groups in total. The summed E-state index contributed by atoms with van der Waals surface area (Å²) in [6.45, 7) is 5.94. The van der Waals surface area contributed by atoms with Crippen LogP contribution in [0, 0.1) is 0 Å². The second kappa shape index (κ2) is 5.02. The van der Waals surface area contributed by atoms with Crippen LogP contribution in [0.5, 0.6) is 0 Å². The molecule has 1 saturated heterocycles. The highest BCUT2D eigenvalue weighted by Crippen LogP contribution is 2.28. The number of nitrogens with one attached hydrogen (secondary N) is 1. The van der Waals surface area contributed by atoms with Crippen molar-refractivity contribution >= 4 is 0 Å². The minimum Gasteiger partial charge on any atom is -0.307 e. The first kappa shape index (κ1) is 12.2. The van der Waals surface area contributed by atoms with Crippen molar-refractivity contribution in [2.75, 3.05) is 13.1 Å². The first-order chi connectivity index (χ1) is 8.73. The number of hydrogen-bond acceptors (Lipinski definition) is 2. The summed E-state index contributed by atoms with van der Waals surface area (Å²) in [6.07, 6.45) is 5.42. The zero-order valence-corrected chi connectivity index (χ0v) is 11.4. The van der Waals surface area contributed by atoms with Crippen molar-refractivity contribution in [2.45, 2.75) is 50.7 Å². The molecule has 1 aliphatic carbocycles. The summed E-state index contributed by atoms with van der Waals surface area (Å²) < 4.78 is 0. The molecule has 1 aliphatic heterocycles. The molecule has 0 radical (unpaired) electrons. The summed E-state index contributed by atoms with van der Waals surface area (Å²) in [5.74, 6) is 0. The predicted octanol–water partition coefficient (Wildman–Crippen LogP) is 2.79. The van der Waals surface area contributed by atoms with Crippen molar-refractivity contribution in [3.8, 4) is 0 Å². The van der Waals surface area contributed by atoms with Crippen LogP contribution >= 0.6 is 0 Å². The van der Waals surface area contributed by atoms with Gasteiger partial charge in [0.25, 0.3) is 0 Å². The van der Waals surface area contributed by atoms with Gasteiger partial charge in [-0.15, -0.1) is 0 Å². The Morgan fingerprint density at radius 3 is 2.78 bits per heavy atom. The molecule has 2 aliphatic rings. The first-order valence-corrected chi connectivity index (χ1v) is 7.28. The van der Waals surface area contributed by atoms with Crippen molar-refractivity contribution in [3.63, 3.8) is 0 Å². The van der Waals surface area contributed by atoms with Crippen LogP contribution in [0.15, 0.2) is 30.3 Å². The Bertz CT molecular complexity index is 385. The quantitative estimate of drug-likeness (QED) is 0.876. The fourth-order valence-corrected chi connectivity index (χ4v) is 3.16. The molecule has 0 spiro atoms. The second-order valence-electron chi connectivity index (χ2n) is 6.28. The molecule has 18 heavy (non-hydrogen) atoms. The molecular weight excluding hydrogens is 220 g/mol. The molecule has 0 amide bonds. The molecule has 1 heterocycles. The fraction of sp³-hybridized carbons (Fsp3) is 0.625. The lowest BCUT2D eigenvalue weighted by Gasteiger charge is -2.41. The van der Waals surface area contributed by atoms with E-state index in [1.54, 1.807) is 0 Å². The molecule has 1 aromatic carbocycles. The maximum absolute atomic E-state index is 3.84. The van der Waals surface area contributed by atoms with Crippen LogP contribution in [0.3, 0.4) is 0 Å². The van der Waals surface area contributed by atoms with Gasteiger partial charge in [-0.05, 0) is 44.7 Å². The first-order valence-electron chi connectivity index (χ1n) is 7.28. The van der Waals surface area contributed by atoms with Crippen molar-refractivity contribution in [2.24, 2.45) is 0 Å². The standard InChI is InChI=1S/C16H24N2/c1-16(17-15-8-9-15)10-5-11-18(13-16)12-14-6-3-2-4-7-14/h2-4,6-7,15,17H,5,8-13H2,1H3/t16-/m1/s1. The number of piperidine rings is 1. The van der Waals surface area contributed by atoms with E-state index in [4.69, 9.17) is 0 Å². The van der Waals surface area contributed by atoms with Crippen molar-refractivity contribution in [1.82, 2.24) is 10.2 Å². The van der Waals surface area contributed by atoms with Gasteiger partial charge >= 0.3 is 0 Å². The SMILES string of the molecule is C[C@@]1(NC2CC2)CCCN(Cc2ccccc2)C1. The molecule has 1 atom stereocenters. The molecule has 98 valence electrons. The molecule has 0 unspecified atom stereocenters. The van der Waals surface area contributed by atoms with E-state index in [-0.39, 0.29) is 0 Å². The maximum atomic E-state index is 3.84. The van der Waals surface area contributed by atoms with Crippen LogP contribution in [0.1, 0.15) is 38.2 Å². The molecule has 0 bridgehead atoms. The normalized spacial score (nSPS) is 29.4. The van der Waals surface area contributed by atoms with E-state index < -0.39 is 0 Å². The minimum atomic E-state index is 0.341. The number of benzene rings is 1. The lowest BCUT2D eigenvalue weighted by atomic mass is 9.90. The molecule has 2 nitrogen and oxygen atoms in total. The van der Waals surface area contributed by atoms with Gasteiger partial charge in [0, 0.05) is 24.7 Å².